The van der Waals surface area contributed by atoms with Crippen molar-refractivity contribution < 1.29 is 18.7 Å². The summed E-state index contributed by atoms with van der Waals surface area (Å²) in [6.45, 7) is 1.81. The maximum absolute atomic E-state index is 13.8. The van der Waals surface area contributed by atoms with Crippen molar-refractivity contribution in [2.75, 3.05) is 19.1 Å². The van der Waals surface area contributed by atoms with Gasteiger partial charge in [0.15, 0.2) is 16.9 Å². The number of fused-ring (bicyclic) bond motifs is 2. The Bertz CT molecular complexity index is 1470. The summed E-state index contributed by atoms with van der Waals surface area (Å²) < 4.78 is 17.1. The number of para-hydroxylation sites is 1. The fourth-order valence-electron chi connectivity index (χ4n) is 4.25. The van der Waals surface area contributed by atoms with E-state index >= 15 is 0 Å². The predicted molar refractivity (Wildman–Crippen MR) is 125 cm³/mol. The number of anilines is 1. The molecule has 8 heteroatoms. The molecule has 5 rings (SSSR count). The van der Waals surface area contributed by atoms with Gasteiger partial charge in [0.25, 0.3) is 5.91 Å². The van der Waals surface area contributed by atoms with Gasteiger partial charge >= 0.3 is 0 Å². The Hall–Kier alpha value is -3.84. The minimum absolute atomic E-state index is 0.0326. The first kappa shape index (κ1) is 21.0. The average Bonchev–Trinajstić information content (AvgIpc) is 3.12. The number of carbonyl (C=O) groups is 1. The molecule has 4 aromatic rings. The molecule has 0 saturated carbocycles. The highest BCUT2D eigenvalue weighted by Gasteiger charge is 2.45. The monoisotopic (exact) mass is 462 g/mol. The minimum Gasteiger partial charge on any atom is -0.493 e. The first-order valence-electron chi connectivity index (χ1n) is 10.2. The number of pyridine rings is 1. The highest BCUT2D eigenvalue weighted by atomic mass is 35.5. The predicted octanol–water partition coefficient (Wildman–Crippen LogP) is 4.92. The zero-order valence-electron chi connectivity index (χ0n) is 18.1. The summed E-state index contributed by atoms with van der Waals surface area (Å²) in [5.74, 6) is 0.759. The lowest BCUT2D eigenvalue weighted by Gasteiger charge is -2.26. The van der Waals surface area contributed by atoms with Crippen molar-refractivity contribution in [3.05, 3.63) is 92.4 Å². The third-order valence-corrected chi connectivity index (χ3v) is 6.18. The van der Waals surface area contributed by atoms with E-state index in [4.69, 9.17) is 25.5 Å². The maximum Gasteiger partial charge on any atom is 0.296 e. The highest BCUT2D eigenvalue weighted by molar-refractivity contribution is 6.32. The summed E-state index contributed by atoms with van der Waals surface area (Å²) in [6, 6.07) is 12.9. The van der Waals surface area contributed by atoms with E-state index in [1.54, 1.807) is 61.7 Å². The Morgan fingerprint density at radius 3 is 2.58 bits per heavy atom. The van der Waals surface area contributed by atoms with Crippen molar-refractivity contribution >= 4 is 34.3 Å². The third kappa shape index (κ3) is 3.15. The highest BCUT2D eigenvalue weighted by Crippen LogP contribution is 2.46. The summed E-state index contributed by atoms with van der Waals surface area (Å²) in [6.07, 6.45) is 1.58. The number of aromatic nitrogens is 1. The lowest BCUT2D eigenvalue weighted by atomic mass is 9.97. The van der Waals surface area contributed by atoms with E-state index in [1.165, 1.54) is 19.1 Å². The second kappa shape index (κ2) is 7.94. The van der Waals surface area contributed by atoms with Gasteiger partial charge < -0.3 is 13.9 Å². The number of rotatable bonds is 4. The molecule has 1 aliphatic heterocycles. The van der Waals surface area contributed by atoms with Crippen LogP contribution in [0.15, 0.2) is 63.9 Å². The molecule has 1 atom stereocenters. The smallest absolute Gasteiger partial charge is 0.296 e. The van der Waals surface area contributed by atoms with Crippen LogP contribution in [0.4, 0.5) is 5.82 Å². The minimum atomic E-state index is -0.840. The summed E-state index contributed by atoms with van der Waals surface area (Å²) >= 11 is 6.30. The quantitative estimate of drug-likeness (QED) is 0.428. The molecule has 0 fully saturated rings. The van der Waals surface area contributed by atoms with E-state index in [1.807, 2.05) is 0 Å². The van der Waals surface area contributed by atoms with E-state index in [-0.39, 0.29) is 16.8 Å². The Kier molecular flexibility index (Phi) is 5.06. The SMILES string of the molecule is COc1cccc([C@H]2c3c(oc4cc(C)c(Cl)cc4c3=O)C(=O)N2c2ccccn2)c1OC. The lowest BCUT2D eigenvalue weighted by molar-refractivity contribution is 0.0970. The van der Waals surface area contributed by atoms with Gasteiger partial charge in [0.2, 0.25) is 5.76 Å². The van der Waals surface area contributed by atoms with Crippen molar-refractivity contribution in [2.45, 2.75) is 13.0 Å². The van der Waals surface area contributed by atoms with Gasteiger partial charge in [0, 0.05) is 16.8 Å². The molecule has 2 aromatic heterocycles. The fourth-order valence-corrected chi connectivity index (χ4v) is 4.41. The first-order chi connectivity index (χ1) is 16.0. The number of carbonyl (C=O) groups excluding carboxylic acids is 1. The summed E-state index contributed by atoms with van der Waals surface area (Å²) in [5, 5.41) is 0.739. The van der Waals surface area contributed by atoms with Crippen LogP contribution in [0.25, 0.3) is 11.0 Å². The molecule has 1 amide bonds. The molecule has 0 bridgehead atoms. The average molecular weight is 463 g/mol. The van der Waals surface area contributed by atoms with Crippen LogP contribution < -0.4 is 19.8 Å². The number of aryl methyl sites for hydroxylation is 1. The van der Waals surface area contributed by atoms with Gasteiger partial charge in [-0.2, -0.15) is 0 Å². The number of hydrogen-bond donors (Lipinski definition) is 0. The summed E-state index contributed by atoms with van der Waals surface area (Å²) in [7, 11) is 3.04. The number of ether oxygens (including phenoxy) is 2. The van der Waals surface area contributed by atoms with Crippen LogP contribution >= 0.6 is 11.6 Å². The van der Waals surface area contributed by atoms with Crippen molar-refractivity contribution in [3.63, 3.8) is 0 Å². The second-order valence-corrected chi connectivity index (χ2v) is 8.03. The van der Waals surface area contributed by atoms with Crippen molar-refractivity contribution in [1.82, 2.24) is 4.98 Å². The van der Waals surface area contributed by atoms with Gasteiger partial charge in [-0.1, -0.05) is 29.8 Å². The van der Waals surface area contributed by atoms with Crippen LogP contribution in [-0.2, 0) is 0 Å². The van der Waals surface area contributed by atoms with E-state index in [0.717, 1.165) is 5.56 Å². The van der Waals surface area contributed by atoms with Crippen LogP contribution in [0, 0.1) is 6.92 Å². The van der Waals surface area contributed by atoms with Gasteiger partial charge in [-0.25, -0.2) is 4.98 Å². The largest absolute Gasteiger partial charge is 0.493 e. The van der Waals surface area contributed by atoms with Gasteiger partial charge in [0.05, 0.1) is 25.2 Å². The van der Waals surface area contributed by atoms with E-state index < -0.39 is 11.9 Å². The Labute approximate surface area is 194 Å². The molecule has 0 aliphatic carbocycles. The number of methoxy groups -OCH3 is 2. The standard InChI is InChI=1S/C25H19ClN2O5/c1-13-11-18-15(12-16(13)26)22(29)20-21(14-7-6-8-17(31-2)23(14)32-3)28(25(30)24(20)33-18)19-9-4-5-10-27-19/h4-12,21H,1-3H3/t21-/m0/s1. The number of benzene rings is 2. The van der Waals surface area contributed by atoms with Gasteiger partial charge in [-0.3, -0.25) is 14.5 Å². The lowest BCUT2D eigenvalue weighted by Crippen LogP contribution is -2.30. The molecule has 33 heavy (non-hydrogen) atoms. The van der Waals surface area contributed by atoms with Crippen molar-refractivity contribution in [3.8, 4) is 11.5 Å². The number of hydrogen-bond acceptors (Lipinski definition) is 6. The molecule has 2 aromatic carbocycles. The van der Waals surface area contributed by atoms with Crippen molar-refractivity contribution in [1.29, 1.82) is 0 Å². The fraction of sp³-hybridized carbons (Fsp3) is 0.160. The van der Waals surface area contributed by atoms with E-state index in [9.17, 15) is 9.59 Å². The third-order valence-electron chi connectivity index (χ3n) is 5.78. The molecule has 0 unspecified atom stereocenters. The molecule has 1 aliphatic rings. The van der Waals surface area contributed by atoms with Crippen LogP contribution in [-0.4, -0.2) is 25.1 Å². The van der Waals surface area contributed by atoms with E-state index in [2.05, 4.69) is 4.98 Å². The normalized spacial score (nSPS) is 15.1. The summed E-state index contributed by atoms with van der Waals surface area (Å²) in [4.78, 5) is 33.2. The molecule has 166 valence electrons. The van der Waals surface area contributed by atoms with Crippen LogP contribution in [0.3, 0.4) is 0 Å². The zero-order chi connectivity index (χ0) is 23.3. The molecule has 0 radical (unpaired) electrons. The molecule has 0 spiro atoms. The summed E-state index contributed by atoms with van der Waals surface area (Å²) in [5.41, 5.74) is 1.47. The van der Waals surface area contributed by atoms with Crippen LogP contribution in [0.2, 0.25) is 5.02 Å². The number of amides is 1. The molecule has 3 heterocycles. The molecular formula is C25H19ClN2O5. The molecular weight excluding hydrogens is 444 g/mol. The Balaban J connectivity index is 1.87. The first-order valence-corrected chi connectivity index (χ1v) is 10.6. The second-order valence-electron chi connectivity index (χ2n) is 7.62. The molecule has 0 N–H and O–H groups in total. The van der Waals surface area contributed by atoms with Crippen molar-refractivity contribution in [2.24, 2.45) is 0 Å². The van der Waals surface area contributed by atoms with Gasteiger partial charge in [-0.05, 0) is 42.8 Å². The van der Waals surface area contributed by atoms with Crippen LogP contribution in [0.1, 0.15) is 33.3 Å². The molecule has 7 nitrogen and oxygen atoms in total. The number of halogens is 1. The Morgan fingerprint density at radius 2 is 1.88 bits per heavy atom. The van der Waals surface area contributed by atoms with E-state index in [0.29, 0.717) is 38.9 Å². The zero-order valence-corrected chi connectivity index (χ0v) is 18.8. The Morgan fingerprint density at radius 1 is 1.06 bits per heavy atom. The van der Waals surface area contributed by atoms with Gasteiger partial charge in [-0.15, -0.1) is 0 Å². The van der Waals surface area contributed by atoms with Crippen LogP contribution in [0.5, 0.6) is 11.5 Å². The molecule has 0 saturated heterocycles. The maximum atomic E-state index is 13.8. The topological polar surface area (TPSA) is 81.9 Å². The van der Waals surface area contributed by atoms with Gasteiger partial charge in [0.1, 0.15) is 17.4 Å². The number of nitrogens with zero attached hydrogens (tertiary/aromatic N) is 2.